The molecule has 0 amide bonds. The van der Waals surface area contributed by atoms with Crippen LogP contribution in [0.2, 0.25) is 0 Å². The molecule has 7 heteroatoms. The number of H-pyrrole nitrogens is 1. The summed E-state index contributed by atoms with van der Waals surface area (Å²) in [7, 11) is 0. The largest absolute Gasteiger partial charge is 0.383 e. The van der Waals surface area contributed by atoms with Crippen molar-refractivity contribution in [2.75, 3.05) is 11.5 Å². The average Bonchev–Trinajstić information content (AvgIpc) is 2.74. The lowest BCUT2D eigenvalue weighted by molar-refractivity contribution is 0.668. The molecule has 0 unspecified atom stereocenters. The maximum atomic E-state index is 11.9. The molecular weight excluding hydrogens is 202 g/mol. The lowest BCUT2D eigenvalue weighted by atomic mass is 10.4. The fraction of sp³-hybridized carbons (Fsp3) is 0.286. The van der Waals surface area contributed by atoms with E-state index in [2.05, 4.69) is 15.2 Å². The number of nitrogens with two attached hydrogens (primary N) is 1. The van der Waals surface area contributed by atoms with Gasteiger partial charge in [0.2, 0.25) is 0 Å². The van der Waals surface area contributed by atoms with Gasteiger partial charge >= 0.3 is 0 Å². The van der Waals surface area contributed by atoms with Gasteiger partial charge < -0.3 is 5.73 Å². The first-order valence-electron chi connectivity index (χ1n) is 4.14. The van der Waals surface area contributed by atoms with Crippen molar-refractivity contribution in [3.8, 4) is 0 Å². The second kappa shape index (κ2) is 2.50. The molecule has 3 heterocycles. The van der Waals surface area contributed by atoms with Crippen LogP contribution in [0.5, 0.6) is 0 Å². The van der Waals surface area contributed by atoms with Crippen molar-refractivity contribution in [1.29, 1.82) is 0 Å². The van der Waals surface area contributed by atoms with Crippen molar-refractivity contribution >= 4 is 28.6 Å². The van der Waals surface area contributed by atoms with Gasteiger partial charge in [-0.3, -0.25) is 14.5 Å². The van der Waals surface area contributed by atoms with Gasteiger partial charge in [0.05, 0.1) is 0 Å². The van der Waals surface area contributed by atoms with Crippen LogP contribution in [0.15, 0.2) is 9.95 Å². The molecule has 1 aliphatic rings. The van der Waals surface area contributed by atoms with Crippen molar-refractivity contribution in [2.24, 2.45) is 0 Å². The highest BCUT2D eigenvalue weighted by atomic mass is 32.2. The molecule has 3 N–H and O–H groups in total. The Labute approximate surface area is 82.5 Å². The second-order valence-corrected chi connectivity index (χ2v) is 4.10. The number of thioether (sulfide) groups is 1. The van der Waals surface area contributed by atoms with Gasteiger partial charge in [-0.25, -0.2) is 4.98 Å². The summed E-state index contributed by atoms with van der Waals surface area (Å²) in [5.41, 5.74) is 5.91. The Morgan fingerprint density at radius 3 is 3.29 bits per heavy atom. The molecular formula is C7H7N5OS. The van der Waals surface area contributed by atoms with Crippen LogP contribution in [0.1, 0.15) is 0 Å². The van der Waals surface area contributed by atoms with Crippen LogP contribution >= 0.6 is 11.8 Å². The molecule has 3 rings (SSSR count). The molecule has 0 atom stereocenters. The summed E-state index contributed by atoms with van der Waals surface area (Å²) >= 11 is 1.56. The smallest absolute Gasteiger partial charge is 0.267 e. The van der Waals surface area contributed by atoms with E-state index < -0.39 is 0 Å². The summed E-state index contributed by atoms with van der Waals surface area (Å²) in [6, 6.07) is 0. The number of aromatic amines is 1. The van der Waals surface area contributed by atoms with Crippen LogP contribution in [0.3, 0.4) is 0 Å². The van der Waals surface area contributed by atoms with Gasteiger partial charge in [-0.2, -0.15) is 5.10 Å². The molecule has 2 aromatic heterocycles. The van der Waals surface area contributed by atoms with E-state index in [0.717, 1.165) is 10.9 Å². The Hall–Kier alpha value is -1.50. The van der Waals surface area contributed by atoms with Crippen molar-refractivity contribution < 1.29 is 0 Å². The van der Waals surface area contributed by atoms with E-state index >= 15 is 0 Å². The monoisotopic (exact) mass is 209 g/mol. The maximum Gasteiger partial charge on any atom is 0.267 e. The Kier molecular flexibility index (Phi) is 1.41. The Morgan fingerprint density at radius 2 is 2.43 bits per heavy atom. The Bertz CT molecular complexity index is 571. The minimum atomic E-state index is -0.0961. The highest BCUT2D eigenvalue weighted by Gasteiger charge is 2.19. The summed E-state index contributed by atoms with van der Waals surface area (Å²) in [6.07, 6.45) is 0. The minimum absolute atomic E-state index is 0.0961. The van der Waals surface area contributed by atoms with Gasteiger partial charge in [-0.05, 0) is 0 Å². The predicted octanol–water partition coefficient (Wildman–Crippen LogP) is -0.193. The van der Waals surface area contributed by atoms with Gasteiger partial charge in [0.15, 0.2) is 10.8 Å². The standard InChI is InChI=1S/C7H7N5OS/c8-4-3-5(11-10-4)9-7-12(6(3)13)1-2-14-7/h1-2H2,(H3,8,10,11). The molecule has 14 heavy (non-hydrogen) atoms. The average molecular weight is 209 g/mol. The van der Waals surface area contributed by atoms with Crippen LogP contribution in [0.25, 0.3) is 11.0 Å². The molecule has 72 valence electrons. The molecule has 1 aliphatic heterocycles. The fourth-order valence-electron chi connectivity index (χ4n) is 1.55. The van der Waals surface area contributed by atoms with Crippen LogP contribution < -0.4 is 11.3 Å². The van der Waals surface area contributed by atoms with Gasteiger partial charge in [-0.15, -0.1) is 0 Å². The topological polar surface area (TPSA) is 89.6 Å². The van der Waals surface area contributed by atoms with Crippen molar-refractivity contribution in [3.63, 3.8) is 0 Å². The van der Waals surface area contributed by atoms with E-state index in [1.807, 2.05) is 0 Å². The van der Waals surface area contributed by atoms with Crippen molar-refractivity contribution in [3.05, 3.63) is 10.4 Å². The van der Waals surface area contributed by atoms with Gasteiger partial charge in [0.1, 0.15) is 11.2 Å². The van der Waals surface area contributed by atoms with Gasteiger partial charge in [-0.1, -0.05) is 11.8 Å². The number of nitrogen functional groups attached to an aromatic ring is 1. The summed E-state index contributed by atoms with van der Waals surface area (Å²) in [5.74, 6) is 1.18. The maximum absolute atomic E-state index is 11.9. The third-order valence-electron chi connectivity index (χ3n) is 2.21. The Morgan fingerprint density at radius 1 is 1.57 bits per heavy atom. The highest BCUT2D eigenvalue weighted by molar-refractivity contribution is 7.99. The number of aromatic nitrogens is 4. The second-order valence-electron chi connectivity index (χ2n) is 3.04. The van der Waals surface area contributed by atoms with E-state index in [9.17, 15) is 4.79 Å². The van der Waals surface area contributed by atoms with Crippen LogP contribution in [-0.2, 0) is 6.54 Å². The third-order valence-corrected chi connectivity index (χ3v) is 3.17. The van der Waals surface area contributed by atoms with Crippen molar-refractivity contribution in [1.82, 2.24) is 19.7 Å². The number of nitrogens with one attached hydrogen (secondary N) is 1. The van der Waals surface area contributed by atoms with Crippen LogP contribution in [-0.4, -0.2) is 25.5 Å². The van der Waals surface area contributed by atoms with Gasteiger partial charge in [0, 0.05) is 12.3 Å². The van der Waals surface area contributed by atoms with E-state index in [0.29, 0.717) is 23.4 Å². The predicted molar refractivity (Wildman–Crippen MR) is 53.3 cm³/mol. The fourth-order valence-corrected chi connectivity index (χ4v) is 2.48. The first-order valence-corrected chi connectivity index (χ1v) is 5.13. The zero-order valence-electron chi connectivity index (χ0n) is 7.15. The van der Waals surface area contributed by atoms with E-state index in [4.69, 9.17) is 5.73 Å². The van der Waals surface area contributed by atoms with E-state index in [1.165, 1.54) is 0 Å². The molecule has 0 saturated heterocycles. The first-order chi connectivity index (χ1) is 6.77. The van der Waals surface area contributed by atoms with E-state index in [1.54, 1.807) is 16.3 Å². The molecule has 6 nitrogen and oxygen atoms in total. The Balaban J connectivity index is 2.53. The molecule has 0 bridgehead atoms. The zero-order valence-corrected chi connectivity index (χ0v) is 7.97. The molecule has 0 aromatic carbocycles. The minimum Gasteiger partial charge on any atom is -0.383 e. The summed E-state index contributed by atoms with van der Waals surface area (Å²) in [6.45, 7) is 0.701. The van der Waals surface area contributed by atoms with E-state index in [-0.39, 0.29) is 5.56 Å². The first kappa shape index (κ1) is 7.86. The SMILES string of the molecule is Nc1[nH]nc2nc3n(c(=O)c12)CCS3. The lowest BCUT2D eigenvalue weighted by Crippen LogP contribution is -2.20. The number of anilines is 1. The molecule has 0 spiro atoms. The zero-order chi connectivity index (χ0) is 9.71. The van der Waals surface area contributed by atoms with Crippen LogP contribution in [0.4, 0.5) is 5.82 Å². The number of hydrogen-bond donors (Lipinski definition) is 2. The van der Waals surface area contributed by atoms with Gasteiger partial charge in [0.25, 0.3) is 5.56 Å². The summed E-state index contributed by atoms with van der Waals surface area (Å²) < 4.78 is 1.64. The number of nitrogens with zero attached hydrogens (tertiary/aromatic N) is 3. The number of rotatable bonds is 0. The quantitative estimate of drug-likeness (QED) is 0.587. The molecule has 2 aromatic rings. The number of hydrogen-bond acceptors (Lipinski definition) is 5. The third kappa shape index (κ3) is 0.844. The normalized spacial score (nSPS) is 14.9. The van der Waals surface area contributed by atoms with Crippen LogP contribution in [0, 0.1) is 0 Å². The summed E-state index contributed by atoms with van der Waals surface area (Å²) in [4.78, 5) is 16.1. The molecule has 0 saturated carbocycles. The highest BCUT2D eigenvalue weighted by Crippen LogP contribution is 2.23. The summed E-state index contributed by atoms with van der Waals surface area (Å²) in [5, 5.41) is 7.56. The molecule has 0 radical (unpaired) electrons. The van der Waals surface area contributed by atoms with Crippen molar-refractivity contribution in [2.45, 2.75) is 11.7 Å². The number of fused-ring (bicyclic) bond motifs is 2. The molecule has 0 aliphatic carbocycles. The lowest BCUT2D eigenvalue weighted by Gasteiger charge is -1.99. The molecule has 0 fully saturated rings.